The van der Waals surface area contributed by atoms with Crippen LogP contribution in [-0.4, -0.2) is 33.4 Å². The van der Waals surface area contributed by atoms with Crippen LogP contribution in [0.4, 0.5) is 26.7 Å². The van der Waals surface area contributed by atoms with Crippen LogP contribution in [-0.2, 0) is 12.7 Å². The van der Waals surface area contributed by atoms with Crippen molar-refractivity contribution in [3.05, 3.63) is 99.8 Å². The van der Waals surface area contributed by atoms with Crippen molar-refractivity contribution in [1.82, 2.24) is 14.9 Å². The molecule has 2 heterocycles. The maximum absolute atomic E-state index is 15.0. The number of carboxylic acid groups (broad SMARTS) is 1. The van der Waals surface area contributed by atoms with Crippen molar-refractivity contribution in [2.45, 2.75) is 18.8 Å². The highest BCUT2D eigenvalue weighted by atomic mass is 79.9. The Kier molecular flexibility index (Phi) is 8.56. The molecule has 0 aliphatic heterocycles. The van der Waals surface area contributed by atoms with Gasteiger partial charge < -0.3 is 29.7 Å². The fourth-order valence-electron chi connectivity index (χ4n) is 3.73. The molecule has 1 atom stereocenters. The van der Waals surface area contributed by atoms with Gasteiger partial charge in [-0.1, -0.05) is 12.1 Å². The Labute approximate surface area is 236 Å². The van der Waals surface area contributed by atoms with Gasteiger partial charge in [-0.3, -0.25) is 9.78 Å². The monoisotopic (exact) mass is 639 g/mol. The molecule has 0 spiro atoms. The predicted octanol–water partition coefficient (Wildman–Crippen LogP) is 4.86. The van der Waals surface area contributed by atoms with Gasteiger partial charge in [0.05, 0.1) is 12.1 Å². The normalized spacial score (nSPS) is 12.1. The zero-order valence-corrected chi connectivity index (χ0v) is 22.1. The molecule has 9 nitrogen and oxygen atoms in total. The summed E-state index contributed by atoms with van der Waals surface area (Å²) in [5, 5.41) is 12.0. The van der Waals surface area contributed by atoms with Crippen LogP contribution in [0.15, 0.2) is 70.0 Å². The number of nitrogens with zero attached hydrogens (tertiary/aromatic N) is 3. The van der Waals surface area contributed by atoms with Gasteiger partial charge in [0, 0.05) is 24.5 Å². The summed E-state index contributed by atoms with van der Waals surface area (Å²) in [5.74, 6) is -5.14. The molecule has 2 N–H and O–H groups in total. The molecule has 15 heteroatoms. The van der Waals surface area contributed by atoms with Crippen molar-refractivity contribution in [2.24, 2.45) is 5.73 Å². The number of nitrogens with two attached hydrogens (primary N) is 1. The molecular weight excluding hydrogens is 623 g/mol. The largest absolute Gasteiger partial charge is 0.530 e. The molecule has 0 radical (unpaired) electrons. The van der Waals surface area contributed by atoms with E-state index in [9.17, 15) is 32.3 Å². The van der Waals surface area contributed by atoms with E-state index in [4.69, 9.17) is 14.9 Å². The number of carbonyl (C=O) groups is 2. The van der Waals surface area contributed by atoms with Crippen LogP contribution in [0.25, 0.3) is 11.3 Å². The number of halogens is 6. The van der Waals surface area contributed by atoms with Crippen LogP contribution in [0.3, 0.4) is 0 Å². The predicted molar refractivity (Wildman–Crippen MR) is 133 cm³/mol. The Balaban J connectivity index is 1.74. The molecule has 0 fully saturated rings. The van der Waals surface area contributed by atoms with Gasteiger partial charge in [-0.25, -0.2) is 13.8 Å². The molecular formula is C26H17BrF5N4O5-. The fourth-order valence-corrected chi connectivity index (χ4v) is 4.22. The van der Waals surface area contributed by atoms with Gasteiger partial charge in [0.1, 0.15) is 23.2 Å². The molecule has 4 aromatic rings. The number of ether oxygens (including phenoxy) is 1. The number of aromatic nitrogens is 2. The molecule has 41 heavy (non-hydrogen) atoms. The lowest BCUT2D eigenvalue weighted by Gasteiger charge is -2.29. The van der Waals surface area contributed by atoms with Crippen molar-refractivity contribution in [3.63, 3.8) is 0 Å². The highest BCUT2D eigenvalue weighted by Crippen LogP contribution is 2.36. The van der Waals surface area contributed by atoms with E-state index in [0.717, 1.165) is 41.3 Å². The minimum Gasteiger partial charge on any atom is -0.530 e. The zero-order valence-electron chi connectivity index (χ0n) is 20.5. The second kappa shape index (κ2) is 11.9. The maximum atomic E-state index is 15.0. The highest BCUT2D eigenvalue weighted by molar-refractivity contribution is 9.10. The minimum absolute atomic E-state index is 0.0221. The molecule has 1 unspecified atom stereocenters. The summed E-state index contributed by atoms with van der Waals surface area (Å²) in [6, 6.07) is 8.59. The van der Waals surface area contributed by atoms with Crippen LogP contribution >= 0.6 is 15.9 Å². The van der Waals surface area contributed by atoms with Gasteiger partial charge >= 0.3 is 6.18 Å². The van der Waals surface area contributed by atoms with Crippen molar-refractivity contribution >= 4 is 27.9 Å². The second-order valence-electron chi connectivity index (χ2n) is 8.46. The van der Waals surface area contributed by atoms with E-state index < -0.39 is 59.3 Å². The van der Waals surface area contributed by atoms with E-state index in [0.29, 0.717) is 5.56 Å². The number of pyridine rings is 1. The molecule has 2 aromatic heterocycles. The highest BCUT2D eigenvalue weighted by Gasteiger charge is 2.31. The summed E-state index contributed by atoms with van der Waals surface area (Å²) < 4.78 is 79.2. The summed E-state index contributed by atoms with van der Waals surface area (Å²) in [6.07, 6.45) is -4.90. The quantitative estimate of drug-likeness (QED) is 0.258. The maximum Gasteiger partial charge on any atom is 0.416 e. The van der Waals surface area contributed by atoms with E-state index in [-0.39, 0.29) is 28.4 Å². The number of alkyl halides is 3. The van der Waals surface area contributed by atoms with Crippen LogP contribution in [0, 0.1) is 11.6 Å². The van der Waals surface area contributed by atoms with Crippen LogP contribution in [0.1, 0.15) is 33.5 Å². The summed E-state index contributed by atoms with van der Waals surface area (Å²) >= 11 is 3.13. The van der Waals surface area contributed by atoms with Gasteiger partial charge in [-0.05, 0) is 57.9 Å². The molecule has 0 saturated carbocycles. The first kappa shape index (κ1) is 29.5. The average molecular weight is 640 g/mol. The summed E-state index contributed by atoms with van der Waals surface area (Å²) in [4.78, 5) is 32.5. The topological polar surface area (TPSA) is 135 Å². The summed E-state index contributed by atoms with van der Waals surface area (Å²) in [7, 11) is 0. The number of primary amides is 1. The average Bonchev–Trinajstić information content (AvgIpc) is 3.30. The smallest absolute Gasteiger partial charge is 0.416 e. The lowest BCUT2D eigenvalue weighted by molar-refractivity contribution is -0.267. The first-order valence-corrected chi connectivity index (χ1v) is 12.3. The number of rotatable bonds is 9. The molecule has 4 rings (SSSR count). The van der Waals surface area contributed by atoms with E-state index in [1.807, 2.05) is 0 Å². The number of oxazole rings is 1. The lowest BCUT2D eigenvalue weighted by atomic mass is 10.1. The van der Waals surface area contributed by atoms with Crippen molar-refractivity contribution in [2.75, 3.05) is 6.54 Å². The van der Waals surface area contributed by atoms with E-state index in [1.165, 1.54) is 24.5 Å². The third kappa shape index (κ3) is 6.80. The van der Waals surface area contributed by atoms with Gasteiger partial charge in [-0.15, -0.1) is 0 Å². The molecule has 2 aromatic carbocycles. The number of carbonyl (C=O) groups excluding carboxylic acids is 2. The first-order valence-electron chi connectivity index (χ1n) is 11.5. The van der Waals surface area contributed by atoms with Crippen LogP contribution in [0.2, 0.25) is 0 Å². The van der Waals surface area contributed by atoms with Gasteiger partial charge in [-0.2, -0.15) is 13.2 Å². The summed E-state index contributed by atoms with van der Waals surface area (Å²) in [6.45, 7) is -0.802. The summed E-state index contributed by atoms with van der Waals surface area (Å²) in [5.41, 5.74) is 3.80. The van der Waals surface area contributed by atoms with E-state index in [1.54, 1.807) is 0 Å². The minimum atomic E-state index is -4.57. The molecule has 2 amide bonds. The fraction of sp³-hybridized carbons (Fsp3) is 0.154. The van der Waals surface area contributed by atoms with Gasteiger partial charge in [0.15, 0.2) is 22.3 Å². The number of amides is 2. The first-order chi connectivity index (χ1) is 19.3. The standard InChI is InChI=1S/C26H18BrF5N4O5/c27-22-21(14-1-3-15(4-2-14)26(30,31)32)35-24(41-22)18(12-36(25(38)39)11-13-7-9-34-10-8-13)40-17-6-5-16(28)19(20(17)29)23(33)37/h1-10,18H,11-12H2,(H2,33,37)(H,38,39)/p-1. The number of hydrogen-bond donors (Lipinski definition) is 1. The van der Waals surface area contributed by atoms with Gasteiger partial charge in [0.25, 0.3) is 5.91 Å². The van der Waals surface area contributed by atoms with E-state index in [2.05, 4.69) is 25.9 Å². The number of benzene rings is 2. The van der Waals surface area contributed by atoms with Crippen molar-refractivity contribution < 1.29 is 45.8 Å². The van der Waals surface area contributed by atoms with Crippen LogP contribution in [0.5, 0.6) is 5.75 Å². The Morgan fingerprint density at radius 2 is 1.73 bits per heavy atom. The number of hydrogen-bond acceptors (Lipinski definition) is 7. The molecule has 0 saturated heterocycles. The third-order valence-corrected chi connectivity index (χ3v) is 6.24. The SMILES string of the molecule is NC(=O)c1c(F)ccc(OC(CN(Cc2ccncc2)C(=O)[O-])c2nc(-c3ccc(C(F)(F)F)cc3)c(Br)o2)c1F. The Morgan fingerprint density at radius 3 is 2.32 bits per heavy atom. The van der Waals surface area contributed by atoms with Crippen molar-refractivity contribution in [1.29, 1.82) is 0 Å². The zero-order chi connectivity index (χ0) is 29.9. The second-order valence-corrected chi connectivity index (χ2v) is 9.18. The van der Waals surface area contributed by atoms with Gasteiger partial charge in [0.2, 0.25) is 5.89 Å². The van der Waals surface area contributed by atoms with Crippen molar-refractivity contribution in [3.8, 4) is 17.0 Å². The molecule has 214 valence electrons. The molecule has 0 bridgehead atoms. The Bertz CT molecular complexity index is 1570. The Hall–Kier alpha value is -4.53. The van der Waals surface area contributed by atoms with E-state index >= 15 is 4.39 Å². The van der Waals surface area contributed by atoms with Crippen LogP contribution < -0.4 is 15.6 Å². The third-order valence-electron chi connectivity index (χ3n) is 5.70. The lowest BCUT2D eigenvalue weighted by Crippen LogP contribution is -2.43. The molecule has 0 aliphatic carbocycles. The Morgan fingerprint density at radius 1 is 1.07 bits per heavy atom. The molecule has 0 aliphatic rings.